The maximum Gasteiger partial charge on any atom is 0.323 e. The second-order valence-corrected chi connectivity index (χ2v) is 10.9. The minimum atomic E-state index is -2.56. The molecule has 0 radical (unpaired) electrons. The highest BCUT2D eigenvalue weighted by molar-refractivity contribution is 7.99. The standard InChI is InChI=1S/C23H21Cl2N2OP.ClH/c1-27(2)23(28)26-22(21(24)25)29(18-12-6-3-7-13-18,19-14-8-4-9-15-19)20-16-10-5-11-17-20;/h3-17H,1-2H3;1H/p+1. The van der Waals surface area contributed by atoms with Crippen LogP contribution >= 0.6 is 42.9 Å². The molecule has 0 saturated carbocycles. The van der Waals surface area contributed by atoms with Crippen molar-refractivity contribution in [1.82, 2.24) is 10.2 Å². The first-order valence-corrected chi connectivity index (χ1v) is 11.6. The average molecular weight is 481 g/mol. The normalized spacial score (nSPS) is 10.5. The Bertz CT molecular complexity index is 896. The van der Waals surface area contributed by atoms with E-state index in [9.17, 15) is 4.79 Å². The molecule has 0 spiro atoms. The van der Waals surface area contributed by atoms with Crippen molar-refractivity contribution in [2.75, 3.05) is 14.1 Å². The number of amides is 2. The number of carbonyl (C=O) groups excluding carboxylic acids is 1. The molecule has 0 aliphatic rings. The fraction of sp³-hybridized carbons (Fsp3) is 0.0870. The van der Waals surface area contributed by atoms with Gasteiger partial charge < -0.3 is 4.90 Å². The topological polar surface area (TPSA) is 32.3 Å². The van der Waals surface area contributed by atoms with Crippen LogP contribution in [0.15, 0.2) is 101 Å². The summed E-state index contributed by atoms with van der Waals surface area (Å²) in [7, 11) is 0.811. The fourth-order valence-corrected chi connectivity index (χ4v) is 8.16. The quantitative estimate of drug-likeness (QED) is 0.495. The zero-order chi connectivity index (χ0) is 20.9. The van der Waals surface area contributed by atoms with Crippen molar-refractivity contribution >= 4 is 64.8 Å². The molecule has 3 aromatic rings. The van der Waals surface area contributed by atoms with Gasteiger partial charge in [0.15, 0.2) is 11.8 Å². The minimum Gasteiger partial charge on any atom is -0.331 e. The number of urea groups is 1. The van der Waals surface area contributed by atoms with E-state index in [1.54, 1.807) is 14.1 Å². The Morgan fingerprint density at radius 1 is 0.733 bits per heavy atom. The Kier molecular flexibility index (Phi) is 8.76. The maximum absolute atomic E-state index is 12.7. The molecule has 1 N–H and O–H groups in total. The van der Waals surface area contributed by atoms with Gasteiger partial charge in [-0.2, -0.15) is 0 Å². The lowest BCUT2D eigenvalue weighted by molar-refractivity contribution is 0.221. The van der Waals surface area contributed by atoms with Crippen molar-refractivity contribution in [3.63, 3.8) is 0 Å². The molecular weight excluding hydrogens is 458 g/mol. The Balaban J connectivity index is 0.00000320. The number of carbonyl (C=O) groups is 1. The van der Waals surface area contributed by atoms with Crippen molar-refractivity contribution in [3.05, 3.63) is 101 Å². The minimum absolute atomic E-state index is 0. The smallest absolute Gasteiger partial charge is 0.323 e. The molecule has 0 atom stereocenters. The number of hydrogen-bond donors (Lipinski definition) is 1. The zero-order valence-electron chi connectivity index (χ0n) is 16.6. The molecule has 3 aromatic carbocycles. The van der Waals surface area contributed by atoms with Gasteiger partial charge in [0.1, 0.15) is 15.9 Å². The molecule has 0 aliphatic carbocycles. The molecule has 0 aromatic heterocycles. The highest BCUT2D eigenvalue weighted by atomic mass is 35.5. The van der Waals surface area contributed by atoms with Crippen LogP contribution in [0.3, 0.4) is 0 Å². The van der Waals surface area contributed by atoms with E-state index in [1.807, 2.05) is 54.6 Å². The molecule has 30 heavy (non-hydrogen) atoms. The van der Waals surface area contributed by atoms with Gasteiger partial charge in [-0.1, -0.05) is 77.8 Å². The van der Waals surface area contributed by atoms with E-state index in [4.69, 9.17) is 23.2 Å². The summed E-state index contributed by atoms with van der Waals surface area (Å²) in [4.78, 5) is 14.1. The largest absolute Gasteiger partial charge is 0.331 e. The van der Waals surface area contributed by atoms with Crippen molar-refractivity contribution in [1.29, 1.82) is 0 Å². The molecule has 0 bridgehead atoms. The molecule has 156 valence electrons. The van der Waals surface area contributed by atoms with Gasteiger partial charge in [-0.3, -0.25) is 5.32 Å². The van der Waals surface area contributed by atoms with Crippen LogP contribution in [0.1, 0.15) is 0 Å². The summed E-state index contributed by atoms with van der Waals surface area (Å²) < 4.78 is 0.0464. The molecule has 0 unspecified atom stereocenters. The highest BCUT2D eigenvalue weighted by Gasteiger charge is 2.52. The summed E-state index contributed by atoms with van der Waals surface area (Å²) in [5.41, 5.74) is 0.517. The average Bonchev–Trinajstić information content (AvgIpc) is 2.75. The van der Waals surface area contributed by atoms with Gasteiger partial charge in [0, 0.05) is 14.1 Å². The highest BCUT2D eigenvalue weighted by Crippen LogP contribution is 2.62. The Hall–Kier alpha value is -2.03. The van der Waals surface area contributed by atoms with E-state index >= 15 is 0 Å². The summed E-state index contributed by atoms with van der Waals surface area (Å²) >= 11 is 12.9. The number of rotatable bonds is 5. The third kappa shape index (κ3) is 4.82. The van der Waals surface area contributed by atoms with Crippen LogP contribution in [-0.2, 0) is 0 Å². The number of halogens is 3. The molecule has 0 aliphatic heterocycles. The number of benzene rings is 3. The molecule has 0 heterocycles. The molecule has 3 rings (SSSR count). The van der Waals surface area contributed by atoms with Crippen molar-refractivity contribution in [2.24, 2.45) is 0 Å². The van der Waals surface area contributed by atoms with Crippen molar-refractivity contribution < 1.29 is 4.79 Å². The molecule has 0 saturated heterocycles. The molecule has 7 heteroatoms. The van der Waals surface area contributed by atoms with Gasteiger partial charge >= 0.3 is 6.03 Å². The Morgan fingerprint density at radius 3 is 1.33 bits per heavy atom. The van der Waals surface area contributed by atoms with Crippen LogP contribution < -0.4 is 21.2 Å². The van der Waals surface area contributed by atoms with Gasteiger partial charge in [0.05, 0.1) is 0 Å². The van der Waals surface area contributed by atoms with Crippen LogP contribution in [0.4, 0.5) is 4.79 Å². The molecule has 3 nitrogen and oxygen atoms in total. The summed E-state index contributed by atoms with van der Waals surface area (Å²) in [5, 5.41) is 6.14. The first kappa shape index (κ1) is 24.2. The Morgan fingerprint density at radius 2 is 1.07 bits per heavy atom. The van der Waals surface area contributed by atoms with E-state index < -0.39 is 7.26 Å². The lowest BCUT2D eigenvalue weighted by atomic mass is 10.4. The van der Waals surface area contributed by atoms with Crippen LogP contribution in [0.2, 0.25) is 0 Å². The van der Waals surface area contributed by atoms with Crippen molar-refractivity contribution in [2.45, 2.75) is 0 Å². The summed E-state index contributed by atoms with van der Waals surface area (Å²) in [6.45, 7) is 0. The SMILES string of the molecule is CN(C)C(=O)NC(=C(Cl)Cl)[P+](c1ccccc1)(c1ccccc1)c1ccccc1.Cl. The third-order valence-corrected chi connectivity index (χ3v) is 9.44. The van der Waals surface area contributed by atoms with Gasteiger partial charge in [-0.25, -0.2) is 4.79 Å². The van der Waals surface area contributed by atoms with Gasteiger partial charge in [-0.05, 0) is 36.4 Å². The summed E-state index contributed by atoms with van der Waals surface area (Å²) in [5.74, 6) is 0. The van der Waals surface area contributed by atoms with Crippen LogP contribution in [0, 0.1) is 0 Å². The van der Waals surface area contributed by atoms with Gasteiger partial charge in [0.25, 0.3) is 0 Å². The Labute approximate surface area is 194 Å². The monoisotopic (exact) mass is 479 g/mol. The zero-order valence-corrected chi connectivity index (χ0v) is 19.8. The maximum atomic E-state index is 12.7. The molecule has 2 amide bonds. The van der Waals surface area contributed by atoms with Crippen LogP contribution in [-0.4, -0.2) is 25.0 Å². The predicted molar refractivity (Wildman–Crippen MR) is 133 cm³/mol. The van der Waals surface area contributed by atoms with Crippen molar-refractivity contribution in [3.8, 4) is 0 Å². The predicted octanol–water partition coefficient (Wildman–Crippen LogP) is 5.28. The van der Waals surface area contributed by atoms with E-state index in [0.29, 0.717) is 5.44 Å². The lowest BCUT2D eigenvalue weighted by Crippen LogP contribution is -2.41. The molecule has 0 fully saturated rings. The van der Waals surface area contributed by atoms with Gasteiger partial charge in [-0.15, -0.1) is 12.4 Å². The first-order chi connectivity index (χ1) is 14.0. The molecular formula is C23H23Cl3N2OP+. The van der Waals surface area contributed by atoms with Crippen LogP contribution in [0.25, 0.3) is 0 Å². The fourth-order valence-electron chi connectivity index (χ4n) is 3.26. The van der Waals surface area contributed by atoms with E-state index in [-0.39, 0.29) is 22.9 Å². The van der Waals surface area contributed by atoms with E-state index in [2.05, 4.69) is 41.7 Å². The second-order valence-electron chi connectivity index (χ2n) is 6.61. The summed E-state index contributed by atoms with van der Waals surface area (Å²) in [6, 6.07) is 29.9. The summed E-state index contributed by atoms with van der Waals surface area (Å²) in [6.07, 6.45) is 0. The second kappa shape index (κ2) is 10.8. The van der Waals surface area contributed by atoms with E-state index in [1.165, 1.54) is 4.90 Å². The lowest BCUT2D eigenvalue weighted by Gasteiger charge is -2.30. The van der Waals surface area contributed by atoms with Gasteiger partial charge in [0.2, 0.25) is 5.44 Å². The first-order valence-electron chi connectivity index (χ1n) is 9.08. The number of hydrogen-bond acceptors (Lipinski definition) is 1. The number of nitrogens with zero attached hydrogens (tertiary/aromatic N) is 1. The third-order valence-electron chi connectivity index (χ3n) is 4.58. The van der Waals surface area contributed by atoms with Crippen LogP contribution in [0.5, 0.6) is 0 Å². The number of nitrogens with one attached hydrogen (secondary N) is 1. The van der Waals surface area contributed by atoms with E-state index in [0.717, 1.165) is 15.9 Å².